The topological polar surface area (TPSA) is 71.5 Å². The first-order chi connectivity index (χ1) is 12.1. The summed E-state index contributed by atoms with van der Waals surface area (Å²) >= 11 is 0. The molecule has 0 spiro atoms. The van der Waals surface area contributed by atoms with Crippen molar-refractivity contribution in [2.75, 3.05) is 20.2 Å². The molecule has 1 aliphatic heterocycles. The van der Waals surface area contributed by atoms with E-state index in [-0.39, 0.29) is 17.9 Å². The summed E-state index contributed by atoms with van der Waals surface area (Å²) in [5.74, 6) is 0.583. The van der Waals surface area contributed by atoms with Crippen LogP contribution in [0.4, 0.5) is 0 Å². The van der Waals surface area contributed by atoms with Gasteiger partial charge in [-0.05, 0) is 30.7 Å². The van der Waals surface area contributed by atoms with Crippen LogP contribution in [0.2, 0.25) is 0 Å². The summed E-state index contributed by atoms with van der Waals surface area (Å²) < 4.78 is 5.21. The number of nitrogens with zero attached hydrogens (tertiary/aromatic N) is 2. The van der Waals surface area contributed by atoms with Gasteiger partial charge in [0.15, 0.2) is 0 Å². The minimum absolute atomic E-state index is 0.0154. The number of hydrogen-bond donors (Lipinski definition) is 1. The molecular weight excluding hydrogens is 318 g/mol. The summed E-state index contributed by atoms with van der Waals surface area (Å²) in [5.41, 5.74) is 2.38. The molecule has 0 radical (unpaired) electrons. The molecule has 1 aromatic heterocycles. The van der Waals surface area contributed by atoms with Crippen molar-refractivity contribution in [3.8, 4) is 16.9 Å². The summed E-state index contributed by atoms with van der Waals surface area (Å²) in [6, 6.07) is 9.28. The summed E-state index contributed by atoms with van der Waals surface area (Å²) in [4.78, 5) is 30.4. The zero-order valence-corrected chi connectivity index (χ0v) is 14.4. The lowest BCUT2D eigenvalue weighted by Crippen LogP contribution is -2.41. The van der Waals surface area contributed by atoms with Gasteiger partial charge in [-0.1, -0.05) is 12.1 Å². The lowest BCUT2D eigenvalue weighted by Gasteiger charge is -2.26. The standard InChI is InChI=1S/C19H21N3O3/c1-13-10-21-18(23)6-7-22(13)19(24)15-5-3-4-14(8-15)16-9-17(25-2)12-20-11-16/h3-5,8-9,11-13H,6-7,10H2,1-2H3,(H,21,23). The third-order valence-corrected chi connectivity index (χ3v) is 4.36. The largest absolute Gasteiger partial charge is 0.495 e. The van der Waals surface area contributed by atoms with Gasteiger partial charge in [0.05, 0.1) is 13.3 Å². The number of hydrogen-bond acceptors (Lipinski definition) is 4. The Kier molecular flexibility index (Phi) is 4.97. The average molecular weight is 339 g/mol. The van der Waals surface area contributed by atoms with Crippen LogP contribution in [0.15, 0.2) is 42.7 Å². The molecule has 2 heterocycles. The number of amides is 2. The Hall–Kier alpha value is -2.89. The first-order valence-electron chi connectivity index (χ1n) is 8.25. The highest BCUT2D eigenvalue weighted by Gasteiger charge is 2.25. The maximum atomic E-state index is 12.9. The number of ether oxygens (including phenoxy) is 1. The van der Waals surface area contributed by atoms with Gasteiger partial charge in [0.25, 0.3) is 5.91 Å². The molecule has 0 bridgehead atoms. The lowest BCUT2D eigenvalue weighted by atomic mass is 10.0. The van der Waals surface area contributed by atoms with E-state index in [0.29, 0.717) is 30.8 Å². The minimum atomic E-state index is -0.0679. The fourth-order valence-electron chi connectivity index (χ4n) is 2.89. The van der Waals surface area contributed by atoms with Crippen molar-refractivity contribution in [2.45, 2.75) is 19.4 Å². The number of methoxy groups -OCH3 is 1. The highest BCUT2D eigenvalue weighted by Crippen LogP contribution is 2.24. The Morgan fingerprint density at radius 1 is 1.28 bits per heavy atom. The third kappa shape index (κ3) is 3.79. The summed E-state index contributed by atoms with van der Waals surface area (Å²) in [6.45, 7) is 2.85. The van der Waals surface area contributed by atoms with Crippen molar-refractivity contribution in [3.05, 3.63) is 48.3 Å². The quantitative estimate of drug-likeness (QED) is 0.930. The van der Waals surface area contributed by atoms with E-state index in [2.05, 4.69) is 10.3 Å². The Labute approximate surface area is 146 Å². The van der Waals surface area contributed by atoms with Crippen LogP contribution in [0, 0.1) is 0 Å². The summed E-state index contributed by atoms with van der Waals surface area (Å²) in [7, 11) is 1.59. The second kappa shape index (κ2) is 7.34. The van der Waals surface area contributed by atoms with Crippen LogP contribution in [0.5, 0.6) is 5.75 Å². The van der Waals surface area contributed by atoms with Crippen LogP contribution in [0.25, 0.3) is 11.1 Å². The van der Waals surface area contributed by atoms with Crippen molar-refractivity contribution in [1.29, 1.82) is 0 Å². The summed E-state index contributed by atoms with van der Waals surface area (Å²) in [6.07, 6.45) is 3.71. The molecule has 1 fully saturated rings. The van der Waals surface area contributed by atoms with Gasteiger partial charge >= 0.3 is 0 Å². The number of aromatic nitrogens is 1. The fourth-order valence-corrected chi connectivity index (χ4v) is 2.89. The molecule has 130 valence electrons. The first-order valence-corrected chi connectivity index (χ1v) is 8.25. The maximum Gasteiger partial charge on any atom is 0.254 e. The molecule has 2 amide bonds. The smallest absolute Gasteiger partial charge is 0.254 e. The van der Waals surface area contributed by atoms with E-state index in [4.69, 9.17) is 4.74 Å². The molecule has 2 aromatic rings. The van der Waals surface area contributed by atoms with Gasteiger partial charge in [-0.15, -0.1) is 0 Å². The molecule has 1 aliphatic rings. The van der Waals surface area contributed by atoms with E-state index in [1.54, 1.807) is 30.5 Å². The Balaban J connectivity index is 1.87. The highest BCUT2D eigenvalue weighted by atomic mass is 16.5. The van der Waals surface area contributed by atoms with Gasteiger partial charge < -0.3 is 15.0 Å². The van der Waals surface area contributed by atoms with E-state index in [1.165, 1.54) is 0 Å². The van der Waals surface area contributed by atoms with Gasteiger partial charge in [-0.3, -0.25) is 14.6 Å². The number of carbonyl (C=O) groups is 2. The van der Waals surface area contributed by atoms with E-state index >= 15 is 0 Å². The van der Waals surface area contributed by atoms with Crippen molar-refractivity contribution in [1.82, 2.24) is 15.2 Å². The number of benzene rings is 1. The monoisotopic (exact) mass is 339 g/mol. The molecular formula is C19H21N3O3. The van der Waals surface area contributed by atoms with Gasteiger partial charge in [-0.2, -0.15) is 0 Å². The van der Waals surface area contributed by atoms with Crippen molar-refractivity contribution >= 4 is 11.8 Å². The van der Waals surface area contributed by atoms with Gasteiger partial charge in [0, 0.05) is 42.9 Å². The van der Waals surface area contributed by atoms with Gasteiger partial charge in [-0.25, -0.2) is 0 Å². The molecule has 1 atom stereocenters. The van der Waals surface area contributed by atoms with E-state index in [0.717, 1.165) is 11.1 Å². The Morgan fingerprint density at radius 3 is 2.92 bits per heavy atom. The second-order valence-corrected chi connectivity index (χ2v) is 6.10. The van der Waals surface area contributed by atoms with Crippen LogP contribution >= 0.6 is 0 Å². The number of rotatable bonds is 3. The predicted octanol–water partition coefficient (Wildman–Crippen LogP) is 2.11. The van der Waals surface area contributed by atoms with Crippen LogP contribution in [0.3, 0.4) is 0 Å². The maximum absolute atomic E-state index is 12.9. The number of carbonyl (C=O) groups excluding carboxylic acids is 2. The van der Waals surface area contributed by atoms with Crippen LogP contribution in [0.1, 0.15) is 23.7 Å². The Bertz CT molecular complexity index is 791. The molecule has 6 heteroatoms. The number of pyridine rings is 1. The SMILES string of the molecule is COc1cncc(-c2cccc(C(=O)N3CCC(=O)NCC3C)c2)c1. The first kappa shape index (κ1) is 17.0. The molecule has 1 aromatic carbocycles. The third-order valence-electron chi connectivity index (χ3n) is 4.36. The second-order valence-electron chi connectivity index (χ2n) is 6.10. The molecule has 1 unspecified atom stereocenters. The zero-order valence-electron chi connectivity index (χ0n) is 14.4. The minimum Gasteiger partial charge on any atom is -0.495 e. The van der Waals surface area contributed by atoms with E-state index in [9.17, 15) is 9.59 Å². The van der Waals surface area contributed by atoms with Crippen LogP contribution in [-0.2, 0) is 4.79 Å². The molecule has 6 nitrogen and oxygen atoms in total. The predicted molar refractivity (Wildman–Crippen MR) is 94.4 cm³/mol. The summed E-state index contributed by atoms with van der Waals surface area (Å²) in [5, 5.41) is 2.83. The molecule has 1 saturated heterocycles. The normalized spacial score (nSPS) is 17.6. The zero-order chi connectivity index (χ0) is 17.8. The average Bonchev–Trinajstić information content (AvgIpc) is 2.82. The molecule has 1 N–H and O–H groups in total. The fraction of sp³-hybridized carbons (Fsp3) is 0.316. The highest BCUT2D eigenvalue weighted by molar-refractivity contribution is 5.96. The van der Waals surface area contributed by atoms with Crippen LogP contribution < -0.4 is 10.1 Å². The van der Waals surface area contributed by atoms with Crippen LogP contribution in [-0.4, -0.2) is 47.9 Å². The molecule has 3 rings (SSSR count). The molecule has 0 aliphatic carbocycles. The van der Waals surface area contributed by atoms with Gasteiger partial charge in [0.2, 0.25) is 5.91 Å². The Morgan fingerprint density at radius 2 is 2.12 bits per heavy atom. The molecule has 0 saturated carbocycles. The van der Waals surface area contributed by atoms with Crippen molar-refractivity contribution < 1.29 is 14.3 Å². The van der Waals surface area contributed by atoms with Crippen molar-refractivity contribution in [3.63, 3.8) is 0 Å². The van der Waals surface area contributed by atoms with Crippen molar-refractivity contribution in [2.24, 2.45) is 0 Å². The van der Waals surface area contributed by atoms with E-state index < -0.39 is 0 Å². The number of nitrogens with one attached hydrogen (secondary N) is 1. The van der Waals surface area contributed by atoms with Gasteiger partial charge in [0.1, 0.15) is 5.75 Å². The lowest BCUT2D eigenvalue weighted by molar-refractivity contribution is -0.120. The van der Waals surface area contributed by atoms with E-state index in [1.807, 2.05) is 31.2 Å². The molecule has 25 heavy (non-hydrogen) atoms.